The molecule has 6 heteroatoms. The lowest BCUT2D eigenvalue weighted by molar-refractivity contribution is 0.415. The van der Waals surface area contributed by atoms with Crippen molar-refractivity contribution in [2.45, 2.75) is 13.3 Å². The maximum atomic E-state index is 13.7. The number of benzene rings is 2. The van der Waals surface area contributed by atoms with Crippen LogP contribution in [0.5, 0.6) is 5.75 Å². The van der Waals surface area contributed by atoms with E-state index in [0.717, 1.165) is 17.1 Å². The Morgan fingerprint density at radius 3 is 2.54 bits per heavy atom. The first kappa shape index (κ1) is 17.7. The van der Waals surface area contributed by atoms with Gasteiger partial charge >= 0.3 is 0 Å². The average Bonchev–Trinajstić information content (AvgIpc) is 2.63. The fraction of sp³-hybridized carbons (Fsp3) is 0.200. The number of halogens is 1. The molecule has 0 bridgehead atoms. The molecule has 3 aromatic rings. The van der Waals surface area contributed by atoms with Gasteiger partial charge in [-0.1, -0.05) is 18.2 Å². The van der Waals surface area contributed by atoms with Gasteiger partial charge in [0.15, 0.2) is 0 Å². The van der Waals surface area contributed by atoms with E-state index in [1.54, 1.807) is 19.2 Å². The highest BCUT2D eigenvalue weighted by Crippen LogP contribution is 2.20. The van der Waals surface area contributed by atoms with Crippen LogP contribution in [-0.4, -0.2) is 23.6 Å². The lowest BCUT2D eigenvalue weighted by Crippen LogP contribution is -2.10. The van der Waals surface area contributed by atoms with E-state index >= 15 is 0 Å². The molecule has 0 fully saturated rings. The van der Waals surface area contributed by atoms with Crippen LogP contribution in [0.15, 0.2) is 54.6 Å². The predicted octanol–water partition coefficient (Wildman–Crippen LogP) is 4.33. The highest BCUT2D eigenvalue weighted by molar-refractivity contribution is 5.58. The minimum atomic E-state index is -0.193. The Hall–Kier alpha value is -3.15. The van der Waals surface area contributed by atoms with Crippen molar-refractivity contribution in [2.75, 3.05) is 24.3 Å². The fourth-order valence-electron chi connectivity index (χ4n) is 2.54. The molecular weight excluding hydrogens is 331 g/mol. The number of aryl methyl sites for hydroxylation is 1. The summed E-state index contributed by atoms with van der Waals surface area (Å²) in [6.45, 7) is 2.45. The minimum absolute atomic E-state index is 0.193. The molecule has 134 valence electrons. The summed E-state index contributed by atoms with van der Waals surface area (Å²) >= 11 is 0. The van der Waals surface area contributed by atoms with Gasteiger partial charge in [0.05, 0.1) is 7.11 Å². The number of methoxy groups -OCH3 is 1. The zero-order valence-electron chi connectivity index (χ0n) is 14.8. The Morgan fingerprint density at radius 2 is 1.81 bits per heavy atom. The highest BCUT2D eigenvalue weighted by atomic mass is 19.1. The molecule has 0 saturated carbocycles. The van der Waals surface area contributed by atoms with Gasteiger partial charge in [-0.2, -0.15) is 4.98 Å². The highest BCUT2D eigenvalue weighted by Gasteiger charge is 2.05. The summed E-state index contributed by atoms with van der Waals surface area (Å²) in [4.78, 5) is 8.85. The zero-order valence-corrected chi connectivity index (χ0v) is 14.8. The Morgan fingerprint density at radius 1 is 1.04 bits per heavy atom. The van der Waals surface area contributed by atoms with Crippen LogP contribution in [0.2, 0.25) is 0 Å². The van der Waals surface area contributed by atoms with E-state index in [2.05, 4.69) is 20.6 Å². The van der Waals surface area contributed by atoms with Gasteiger partial charge in [-0.3, -0.25) is 0 Å². The molecule has 0 radical (unpaired) electrons. The molecule has 3 rings (SSSR count). The Bertz CT molecular complexity index is 868. The van der Waals surface area contributed by atoms with Crippen molar-refractivity contribution in [3.63, 3.8) is 0 Å². The zero-order chi connectivity index (χ0) is 18.4. The Labute approximate surface area is 152 Å². The van der Waals surface area contributed by atoms with Gasteiger partial charge in [-0.05, 0) is 49.2 Å². The van der Waals surface area contributed by atoms with Gasteiger partial charge in [0, 0.05) is 24.0 Å². The van der Waals surface area contributed by atoms with Gasteiger partial charge in [0.25, 0.3) is 0 Å². The molecule has 0 atom stereocenters. The van der Waals surface area contributed by atoms with E-state index in [4.69, 9.17) is 4.74 Å². The van der Waals surface area contributed by atoms with Crippen LogP contribution in [0.4, 0.5) is 21.8 Å². The number of hydrogen-bond donors (Lipinski definition) is 2. The number of aromatic nitrogens is 2. The molecule has 0 spiro atoms. The molecule has 1 aromatic heterocycles. The van der Waals surface area contributed by atoms with Crippen LogP contribution < -0.4 is 15.4 Å². The van der Waals surface area contributed by atoms with Crippen molar-refractivity contribution >= 4 is 17.5 Å². The van der Waals surface area contributed by atoms with Crippen molar-refractivity contribution in [2.24, 2.45) is 0 Å². The molecule has 1 heterocycles. The lowest BCUT2D eigenvalue weighted by atomic mass is 10.1. The van der Waals surface area contributed by atoms with Crippen molar-refractivity contribution in [3.05, 3.63) is 71.7 Å². The second-order valence-corrected chi connectivity index (χ2v) is 5.84. The summed E-state index contributed by atoms with van der Waals surface area (Å²) in [6, 6.07) is 16.2. The summed E-state index contributed by atoms with van der Waals surface area (Å²) in [5.41, 5.74) is 2.41. The quantitative estimate of drug-likeness (QED) is 0.663. The molecular formula is C20H21FN4O. The van der Waals surface area contributed by atoms with E-state index in [0.29, 0.717) is 30.3 Å². The van der Waals surface area contributed by atoms with Crippen LogP contribution in [0.3, 0.4) is 0 Å². The first-order valence-electron chi connectivity index (χ1n) is 8.38. The maximum Gasteiger partial charge on any atom is 0.224 e. The van der Waals surface area contributed by atoms with E-state index in [1.807, 2.05) is 43.3 Å². The van der Waals surface area contributed by atoms with Crippen LogP contribution in [0, 0.1) is 12.7 Å². The first-order chi connectivity index (χ1) is 12.6. The van der Waals surface area contributed by atoms with E-state index < -0.39 is 0 Å². The monoisotopic (exact) mass is 352 g/mol. The van der Waals surface area contributed by atoms with Crippen LogP contribution in [-0.2, 0) is 6.42 Å². The molecule has 0 aliphatic rings. The molecule has 5 nitrogen and oxygen atoms in total. The number of ether oxygens (including phenoxy) is 1. The number of rotatable bonds is 7. The summed E-state index contributed by atoms with van der Waals surface area (Å²) in [5, 5.41) is 6.40. The van der Waals surface area contributed by atoms with Crippen LogP contribution in [0.1, 0.15) is 11.3 Å². The summed E-state index contributed by atoms with van der Waals surface area (Å²) < 4.78 is 18.8. The van der Waals surface area contributed by atoms with Gasteiger partial charge in [0.1, 0.15) is 17.4 Å². The molecule has 0 unspecified atom stereocenters. The normalized spacial score (nSPS) is 10.4. The van der Waals surface area contributed by atoms with Gasteiger partial charge in [-0.15, -0.1) is 0 Å². The fourth-order valence-corrected chi connectivity index (χ4v) is 2.54. The minimum Gasteiger partial charge on any atom is -0.497 e. The first-order valence-corrected chi connectivity index (χ1v) is 8.38. The summed E-state index contributed by atoms with van der Waals surface area (Å²) in [6.07, 6.45) is 0.561. The third kappa shape index (κ3) is 4.69. The third-order valence-electron chi connectivity index (χ3n) is 3.85. The van der Waals surface area contributed by atoms with Gasteiger partial charge in [-0.25, -0.2) is 9.37 Å². The van der Waals surface area contributed by atoms with Crippen LogP contribution >= 0.6 is 0 Å². The topological polar surface area (TPSA) is 59.1 Å². The SMILES string of the molecule is COc1ccc(Nc2cc(C)nc(NCCc3ccccc3F)n2)cc1. The van der Waals surface area contributed by atoms with Gasteiger partial charge in [0.2, 0.25) is 5.95 Å². The third-order valence-corrected chi connectivity index (χ3v) is 3.85. The number of nitrogens with one attached hydrogen (secondary N) is 2. The second-order valence-electron chi connectivity index (χ2n) is 5.84. The molecule has 26 heavy (non-hydrogen) atoms. The number of anilines is 3. The second kappa shape index (κ2) is 8.29. The van der Waals surface area contributed by atoms with Gasteiger partial charge < -0.3 is 15.4 Å². The van der Waals surface area contributed by atoms with Crippen molar-refractivity contribution in [1.29, 1.82) is 0 Å². The standard InChI is InChI=1S/C20H21FN4O/c1-14-13-19(24-16-7-9-17(26-2)10-8-16)25-20(23-14)22-12-11-15-5-3-4-6-18(15)21/h3-10,13H,11-12H2,1-2H3,(H2,22,23,24,25). The molecule has 0 amide bonds. The summed E-state index contributed by atoms with van der Waals surface area (Å²) in [7, 11) is 1.63. The van der Waals surface area contributed by atoms with E-state index in [1.165, 1.54) is 6.07 Å². The van der Waals surface area contributed by atoms with Crippen LogP contribution in [0.25, 0.3) is 0 Å². The predicted molar refractivity (Wildman–Crippen MR) is 102 cm³/mol. The Kier molecular flexibility index (Phi) is 5.63. The number of nitrogens with zero attached hydrogens (tertiary/aromatic N) is 2. The molecule has 2 aromatic carbocycles. The van der Waals surface area contributed by atoms with E-state index in [-0.39, 0.29) is 5.82 Å². The smallest absolute Gasteiger partial charge is 0.224 e. The maximum absolute atomic E-state index is 13.7. The van der Waals surface area contributed by atoms with Crippen molar-refractivity contribution in [1.82, 2.24) is 9.97 Å². The molecule has 2 N–H and O–H groups in total. The number of hydrogen-bond acceptors (Lipinski definition) is 5. The molecule has 0 aliphatic carbocycles. The largest absolute Gasteiger partial charge is 0.497 e. The molecule has 0 aliphatic heterocycles. The average molecular weight is 352 g/mol. The summed E-state index contributed by atoms with van der Waals surface area (Å²) in [5.74, 6) is 1.81. The Balaban J connectivity index is 1.64. The van der Waals surface area contributed by atoms with E-state index in [9.17, 15) is 4.39 Å². The van der Waals surface area contributed by atoms with Crippen molar-refractivity contribution < 1.29 is 9.13 Å². The lowest BCUT2D eigenvalue weighted by Gasteiger charge is -2.10. The van der Waals surface area contributed by atoms with Crippen molar-refractivity contribution in [3.8, 4) is 5.75 Å². The molecule has 0 saturated heterocycles.